The first-order chi connectivity index (χ1) is 12.0. The predicted octanol–water partition coefficient (Wildman–Crippen LogP) is 3.54. The topological polar surface area (TPSA) is 92.4 Å². The number of aromatic hydroxyl groups is 1. The third-order valence-electron chi connectivity index (χ3n) is 3.72. The number of carbonyl (C=O) groups is 2. The first-order valence-electron chi connectivity index (χ1n) is 7.51. The number of aliphatic carboxylic acids is 1. The highest BCUT2D eigenvalue weighted by atomic mass is 32.1. The number of pyridine rings is 1. The molecule has 0 unspecified atom stereocenters. The van der Waals surface area contributed by atoms with E-state index in [1.54, 1.807) is 30.5 Å². The lowest BCUT2D eigenvalue weighted by atomic mass is 9.95. The minimum atomic E-state index is -0.885. The summed E-state index contributed by atoms with van der Waals surface area (Å²) < 4.78 is 1.99. The fourth-order valence-electron chi connectivity index (χ4n) is 2.53. The minimum Gasteiger partial charge on any atom is -0.493 e. The highest BCUT2D eigenvalue weighted by Gasteiger charge is 2.18. The Hall–Kier alpha value is -2.58. The first kappa shape index (κ1) is 17.2. The van der Waals surface area contributed by atoms with Crippen molar-refractivity contribution in [1.82, 2.24) is 9.55 Å². The Labute approximate surface area is 152 Å². The van der Waals surface area contributed by atoms with Crippen LogP contribution < -0.4 is 0 Å². The molecule has 2 aromatic rings. The fourth-order valence-corrected chi connectivity index (χ4v) is 3.84. The number of rotatable bonds is 5. The van der Waals surface area contributed by atoms with Crippen LogP contribution in [0.2, 0.25) is 0 Å². The standard InChI is InChI=1S/C17H14N2O4S2/c20-12-6-5-10(11-3-1-7-18-15(11)12)9-13-16(23)19(17(24)25-13)8-2-4-14(21)22/h1,3,5-7,9,23H,2,4,8H2,(H,21,22)/b10-9+. The summed E-state index contributed by atoms with van der Waals surface area (Å²) in [4.78, 5) is 27.2. The van der Waals surface area contributed by atoms with Crippen LogP contribution in [-0.4, -0.2) is 31.5 Å². The Bertz CT molecular complexity index is 969. The van der Waals surface area contributed by atoms with Gasteiger partial charge in [-0.3, -0.25) is 19.1 Å². The van der Waals surface area contributed by atoms with Crippen LogP contribution >= 0.6 is 23.6 Å². The van der Waals surface area contributed by atoms with E-state index in [4.69, 9.17) is 17.3 Å². The maximum Gasteiger partial charge on any atom is 0.303 e. The van der Waals surface area contributed by atoms with Gasteiger partial charge in [-0.05, 0) is 42.4 Å². The molecule has 0 saturated heterocycles. The van der Waals surface area contributed by atoms with E-state index in [9.17, 15) is 14.7 Å². The van der Waals surface area contributed by atoms with Gasteiger partial charge in [0.1, 0.15) is 5.69 Å². The Kier molecular flexibility index (Phi) is 4.91. The summed E-state index contributed by atoms with van der Waals surface area (Å²) in [5, 5.41) is 19.1. The number of thiazole rings is 1. The second kappa shape index (κ2) is 7.12. The zero-order valence-electron chi connectivity index (χ0n) is 13.0. The lowest BCUT2D eigenvalue weighted by Gasteiger charge is -2.11. The van der Waals surface area contributed by atoms with Crippen molar-refractivity contribution in [3.05, 3.63) is 50.6 Å². The number of hydrogen-bond donors (Lipinski definition) is 2. The molecule has 0 bridgehead atoms. The van der Waals surface area contributed by atoms with Gasteiger partial charge in [0, 0.05) is 24.7 Å². The number of fused-ring (bicyclic) bond motifs is 1. The van der Waals surface area contributed by atoms with Gasteiger partial charge in [-0.25, -0.2) is 0 Å². The van der Waals surface area contributed by atoms with Gasteiger partial charge in [-0.15, -0.1) is 11.3 Å². The van der Waals surface area contributed by atoms with E-state index in [0.29, 0.717) is 33.1 Å². The number of allylic oxidation sites excluding steroid dienone is 3. The second-order valence-corrected chi connectivity index (χ2v) is 7.08. The number of ketones is 1. The maximum atomic E-state index is 11.9. The lowest BCUT2D eigenvalue weighted by molar-refractivity contribution is -0.137. The number of carboxylic acid groups (broad SMARTS) is 1. The van der Waals surface area contributed by atoms with Crippen LogP contribution in [0, 0.1) is 3.95 Å². The van der Waals surface area contributed by atoms with Crippen LogP contribution in [0.1, 0.15) is 33.8 Å². The number of carboxylic acids is 1. The summed E-state index contributed by atoms with van der Waals surface area (Å²) in [6, 6.07) is 3.55. The molecule has 2 N–H and O–H groups in total. The number of hydrogen-bond acceptors (Lipinski definition) is 6. The van der Waals surface area contributed by atoms with E-state index in [2.05, 4.69) is 4.98 Å². The molecule has 0 radical (unpaired) electrons. The van der Waals surface area contributed by atoms with E-state index in [-0.39, 0.29) is 18.1 Å². The van der Waals surface area contributed by atoms with Crippen molar-refractivity contribution in [2.45, 2.75) is 19.4 Å². The summed E-state index contributed by atoms with van der Waals surface area (Å²) in [6.45, 7) is 0.336. The van der Waals surface area contributed by atoms with Crippen molar-refractivity contribution in [3.63, 3.8) is 0 Å². The first-order valence-corrected chi connectivity index (χ1v) is 8.73. The molecule has 3 rings (SSSR count). The van der Waals surface area contributed by atoms with E-state index in [0.717, 1.165) is 5.57 Å². The molecule has 0 atom stereocenters. The molecule has 1 aliphatic rings. The number of nitrogens with zero attached hydrogens (tertiary/aromatic N) is 2. The highest BCUT2D eigenvalue weighted by molar-refractivity contribution is 7.73. The predicted molar refractivity (Wildman–Crippen MR) is 97.3 cm³/mol. The maximum absolute atomic E-state index is 11.9. The molecule has 0 aromatic carbocycles. The molecule has 0 amide bonds. The summed E-state index contributed by atoms with van der Waals surface area (Å²) >= 11 is 6.50. The van der Waals surface area contributed by atoms with Gasteiger partial charge in [0.15, 0.2) is 3.95 Å². The van der Waals surface area contributed by atoms with Crippen LogP contribution in [0.15, 0.2) is 30.5 Å². The fraction of sp³-hybridized carbons (Fsp3) is 0.176. The van der Waals surface area contributed by atoms with Gasteiger partial charge in [0.05, 0.1) is 4.88 Å². The minimum absolute atomic E-state index is 0.00336. The Morgan fingerprint density at radius 2 is 2.20 bits per heavy atom. The molecule has 0 spiro atoms. The van der Waals surface area contributed by atoms with Crippen LogP contribution in [0.3, 0.4) is 0 Å². The van der Waals surface area contributed by atoms with E-state index in [1.807, 2.05) is 0 Å². The van der Waals surface area contributed by atoms with Crippen molar-refractivity contribution in [1.29, 1.82) is 0 Å². The van der Waals surface area contributed by atoms with Gasteiger partial charge >= 0.3 is 5.97 Å². The smallest absolute Gasteiger partial charge is 0.303 e. The molecule has 25 heavy (non-hydrogen) atoms. The van der Waals surface area contributed by atoms with Crippen molar-refractivity contribution < 1.29 is 19.8 Å². The third-order valence-corrected chi connectivity index (χ3v) is 5.10. The van der Waals surface area contributed by atoms with Crippen molar-refractivity contribution in [2.75, 3.05) is 0 Å². The molecule has 0 fully saturated rings. The lowest BCUT2D eigenvalue weighted by Crippen LogP contribution is -2.07. The van der Waals surface area contributed by atoms with Crippen molar-refractivity contribution in [3.8, 4) is 5.88 Å². The Morgan fingerprint density at radius 3 is 2.96 bits per heavy atom. The van der Waals surface area contributed by atoms with Gasteiger partial charge in [0.25, 0.3) is 0 Å². The van der Waals surface area contributed by atoms with Crippen molar-refractivity contribution >= 4 is 47.0 Å². The molecular weight excluding hydrogens is 360 g/mol. The molecule has 2 aromatic heterocycles. The van der Waals surface area contributed by atoms with E-state index < -0.39 is 5.97 Å². The molecular formula is C17H14N2O4S2. The zero-order chi connectivity index (χ0) is 18.0. The molecule has 1 aliphatic carbocycles. The normalized spacial score (nSPS) is 14.7. The van der Waals surface area contributed by atoms with Crippen LogP contribution in [-0.2, 0) is 11.3 Å². The van der Waals surface area contributed by atoms with Crippen LogP contribution in [0.4, 0.5) is 0 Å². The van der Waals surface area contributed by atoms with Crippen molar-refractivity contribution in [2.24, 2.45) is 0 Å². The largest absolute Gasteiger partial charge is 0.493 e. The molecule has 6 nitrogen and oxygen atoms in total. The number of aromatic nitrogens is 2. The Balaban J connectivity index is 1.95. The van der Waals surface area contributed by atoms with Gasteiger partial charge in [-0.2, -0.15) is 0 Å². The Morgan fingerprint density at radius 1 is 1.40 bits per heavy atom. The van der Waals surface area contributed by atoms with Gasteiger partial charge in [-0.1, -0.05) is 12.1 Å². The summed E-state index contributed by atoms with van der Waals surface area (Å²) in [6.07, 6.45) is 6.84. The van der Waals surface area contributed by atoms with Gasteiger partial charge in [0.2, 0.25) is 11.7 Å². The summed E-state index contributed by atoms with van der Waals surface area (Å²) in [5.74, 6) is -1.04. The summed E-state index contributed by atoms with van der Waals surface area (Å²) in [5.41, 5.74) is 1.83. The second-order valence-electron chi connectivity index (χ2n) is 5.40. The highest BCUT2D eigenvalue weighted by Crippen LogP contribution is 2.33. The van der Waals surface area contributed by atoms with Crippen LogP contribution in [0.5, 0.6) is 5.88 Å². The van der Waals surface area contributed by atoms with E-state index >= 15 is 0 Å². The molecule has 0 saturated carbocycles. The SMILES string of the molecule is O=C(O)CCCn1c(O)c(/C=C2\C=CC(=O)c3ncccc32)sc1=S. The zero-order valence-corrected chi connectivity index (χ0v) is 14.6. The van der Waals surface area contributed by atoms with E-state index in [1.165, 1.54) is 22.0 Å². The third kappa shape index (κ3) is 3.59. The molecule has 8 heteroatoms. The number of carbonyl (C=O) groups excluding carboxylic acids is 1. The quantitative estimate of drug-likeness (QED) is 0.778. The molecule has 2 heterocycles. The molecule has 0 aliphatic heterocycles. The average Bonchev–Trinajstić information content (AvgIpc) is 2.85. The van der Waals surface area contributed by atoms with Gasteiger partial charge < -0.3 is 10.2 Å². The average molecular weight is 374 g/mol. The molecule has 128 valence electrons. The summed E-state index contributed by atoms with van der Waals surface area (Å²) in [7, 11) is 0. The van der Waals surface area contributed by atoms with Crippen LogP contribution in [0.25, 0.3) is 11.6 Å². The monoisotopic (exact) mass is 374 g/mol.